The lowest BCUT2D eigenvalue weighted by atomic mass is 9.97. The maximum absolute atomic E-state index is 13.8. The average molecular weight is 573 g/mol. The molecule has 0 unspecified atom stereocenters. The van der Waals surface area contributed by atoms with Gasteiger partial charge in [-0.25, -0.2) is 9.97 Å². The Morgan fingerprint density at radius 1 is 1.03 bits per heavy atom. The number of aryl methyl sites for hydroxylation is 3. The van der Waals surface area contributed by atoms with Crippen LogP contribution in [0.15, 0.2) is 70.7 Å². The van der Waals surface area contributed by atoms with Crippen LogP contribution < -0.4 is 10.9 Å². The molecular weight excluding hydrogens is 545 g/mol. The zero-order chi connectivity index (χ0) is 26.8. The lowest BCUT2D eigenvalue weighted by Crippen LogP contribution is -2.23. The topological polar surface area (TPSA) is 76.9 Å². The van der Waals surface area contributed by atoms with Crippen molar-refractivity contribution in [2.45, 2.75) is 50.6 Å². The first-order valence-electron chi connectivity index (χ1n) is 13.2. The van der Waals surface area contributed by atoms with Crippen molar-refractivity contribution in [3.63, 3.8) is 0 Å². The summed E-state index contributed by atoms with van der Waals surface area (Å²) in [6.45, 7) is 2.15. The van der Waals surface area contributed by atoms with Crippen molar-refractivity contribution in [2.75, 3.05) is 11.1 Å². The highest BCUT2D eigenvalue weighted by molar-refractivity contribution is 7.99. The Morgan fingerprint density at radius 3 is 2.59 bits per heavy atom. The number of hydrogen-bond donors (Lipinski definition) is 1. The van der Waals surface area contributed by atoms with Gasteiger partial charge in [-0.1, -0.05) is 61.2 Å². The van der Waals surface area contributed by atoms with Crippen LogP contribution in [0.25, 0.3) is 15.9 Å². The van der Waals surface area contributed by atoms with Gasteiger partial charge in [-0.2, -0.15) is 0 Å². The van der Waals surface area contributed by atoms with E-state index in [4.69, 9.17) is 4.98 Å². The second-order valence-electron chi connectivity index (χ2n) is 9.58. The molecule has 0 aliphatic heterocycles. The predicted octanol–water partition coefficient (Wildman–Crippen LogP) is 6.67. The van der Waals surface area contributed by atoms with Crippen molar-refractivity contribution in [1.29, 1.82) is 0 Å². The number of hydrogen-bond acceptors (Lipinski definition) is 7. The molecular formula is C30H28N4O2S3. The second kappa shape index (κ2) is 11.5. The van der Waals surface area contributed by atoms with Gasteiger partial charge in [0.15, 0.2) is 10.3 Å². The van der Waals surface area contributed by atoms with E-state index in [1.54, 1.807) is 15.9 Å². The second-order valence-corrected chi connectivity index (χ2v) is 12.7. The number of benzene rings is 2. The summed E-state index contributed by atoms with van der Waals surface area (Å²) < 4.78 is 1.66. The highest BCUT2D eigenvalue weighted by atomic mass is 32.2. The van der Waals surface area contributed by atoms with Crippen LogP contribution in [0.2, 0.25) is 0 Å². The molecule has 3 heterocycles. The third-order valence-corrected chi connectivity index (χ3v) is 9.95. The van der Waals surface area contributed by atoms with Gasteiger partial charge in [-0.15, -0.1) is 22.7 Å². The van der Waals surface area contributed by atoms with Gasteiger partial charge in [0.05, 0.1) is 16.8 Å². The summed E-state index contributed by atoms with van der Waals surface area (Å²) in [6, 6.07) is 18.2. The summed E-state index contributed by atoms with van der Waals surface area (Å²) in [5, 5.41) is 4.77. The number of nitrogens with one attached hydrogen (secondary N) is 1. The zero-order valence-electron chi connectivity index (χ0n) is 21.6. The normalized spacial score (nSPS) is 12.9. The number of para-hydroxylation sites is 1. The summed E-state index contributed by atoms with van der Waals surface area (Å²) in [7, 11) is 0. The maximum atomic E-state index is 13.8. The third-order valence-electron chi connectivity index (χ3n) is 6.91. The first kappa shape index (κ1) is 26.0. The number of aromatic nitrogens is 3. The van der Waals surface area contributed by atoms with Gasteiger partial charge in [-0.3, -0.25) is 14.2 Å². The van der Waals surface area contributed by atoms with Crippen molar-refractivity contribution in [3.8, 4) is 5.69 Å². The predicted molar refractivity (Wildman–Crippen MR) is 162 cm³/mol. The fraction of sp³-hybridized carbons (Fsp3) is 0.267. The van der Waals surface area contributed by atoms with E-state index in [9.17, 15) is 9.59 Å². The van der Waals surface area contributed by atoms with Gasteiger partial charge in [0.1, 0.15) is 4.83 Å². The molecule has 6 nitrogen and oxygen atoms in total. The molecule has 1 amide bonds. The van der Waals surface area contributed by atoms with E-state index in [2.05, 4.69) is 41.5 Å². The standard InChI is InChI=1S/C30H28N4O2S3/c1-2-19-12-14-20(15-13-19)16-22-17-31-29(38-22)32-25(35)18-37-30-33-27-26(23-10-6-7-11-24(23)39-27)28(36)34(30)21-8-4-3-5-9-21/h3-5,8-9,12-15,17H,2,6-7,10-11,16,18H2,1H3,(H,31,32,35). The minimum absolute atomic E-state index is 0.0509. The van der Waals surface area contributed by atoms with Gasteiger partial charge < -0.3 is 5.32 Å². The molecule has 1 aliphatic rings. The molecule has 39 heavy (non-hydrogen) atoms. The van der Waals surface area contributed by atoms with Crippen LogP contribution in [0.3, 0.4) is 0 Å². The molecule has 0 radical (unpaired) electrons. The van der Waals surface area contributed by atoms with Gasteiger partial charge in [0, 0.05) is 22.4 Å². The number of thioether (sulfide) groups is 1. The molecule has 0 atom stereocenters. The number of amides is 1. The monoisotopic (exact) mass is 572 g/mol. The molecule has 3 aromatic heterocycles. The highest BCUT2D eigenvalue weighted by Crippen LogP contribution is 2.35. The van der Waals surface area contributed by atoms with Crippen molar-refractivity contribution < 1.29 is 4.79 Å². The number of carbonyl (C=O) groups is 1. The number of anilines is 1. The minimum atomic E-state index is -0.173. The van der Waals surface area contributed by atoms with E-state index in [-0.39, 0.29) is 17.2 Å². The van der Waals surface area contributed by atoms with Crippen molar-refractivity contribution in [3.05, 3.63) is 97.6 Å². The number of nitrogens with zero attached hydrogens (tertiary/aromatic N) is 3. The Bertz CT molecular complexity index is 1690. The highest BCUT2D eigenvalue weighted by Gasteiger charge is 2.23. The van der Waals surface area contributed by atoms with Crippen LogP contribution in [0.4, 0.5) is 5.13 Å². The first-order valence-corrected chi connectivity index (χ1v) is 15.8. The first-order chi connectivity index (χ1) is 19.1. The van der Waals surface area contributed by atoms with E-state index < -0.39 is 0 Å². The van der Waals surface area contributed by atoms with Gasteiger partial charge in [0.2, 0.25) is 5.91 Å². The quantitative estimate of drug-likeness (QED) is 0.166. The molecule has 0 fully saturated rings. The number of rotatable bonds is 8. The Kier molecular flexibility index (Phi) is 7.63. The third kappa shape index (κ3) is 5.57. The maximum Gasteiger partial charge on any atom is 0.267 e. The van der Waals surface area contributed by atoms with Crippen molar-refractivity contribution in [2.24, 2.45) is 0 Å². The molecule has 1 aliphatic carbocycles. The fourth-order valence-corrected chi connectivity index (χ4v) is 7.89. The number of fused-ring (bicyclic) bond motifs is 3. The van der Waals surface area contributed by atoms with Crippen LogP contribution in [0.1, 0.15) is 46.2 Å². The number of carbonyl (C=O) groups excluding carboxylic acids is 1. The number of thiazole rings is 1. The summed E-state index contributed by atoms with van der Waals surface area (Å²) in [6.07, 6.45) is 7.81. The molecule has 198 valence electrons. The van der Waals surface area contributed by atoms with E-state index >= 15 is 0 Å². The van der Waals surface area contributed by atoms with Crippen LogP contribution in [-0.2, 0) is 30.5 Å². The molecule has 0 saturated carbocycles. The Morgan fingerprint density at radius 2 is 1.79 bits per heavy atom. The molecule has 9 heteroatoms. The molecule has 1 N–H and O–H groups in total. The summed E-state index contributed by atoms with van der Waals surface area (Å²) in [4.78, 5) is 39.2. The number of thiophene rings is 1. The largest absolute Gasteiger partial charge is 0.301 e. The van der Waals surface area contributed by atoms with E-state index in [1.807, 2.05) is 36.5 Å². The summed E-state index contributed by atoms with van der Waals surface area (Å²) in [5.41, 5.74) is 4.41. The van der Waals surface area contributed by atoms with Crippen LogP contribution >= 0.6 is 34.4 Å². The van der Waals surface area contributed by atoms with E-state index in [1.165, 1.54) is 44.7 Å². The van der Waals surface area contributed by atoms with Gasteiger partial charge >= 0.3 is 0 Å². The molecule has 5 aromatic rings. The molecule has 0 spiro atoms. The molecule has 2 aromatic carbocycles. The lowest BCUT2D eigenvalue weighted by molar-refractivity contribution is -0.113. The Hall–Kier alpha value is -3.27. The summed E-state index contributed by atoms with van der Waals surface area (Å²) in [5.74, 6) is -0.0453. The average Bonchev–Trinajstić information content (AvgIpc) is 3.56. The van der Waals surface area contributed by atoms with E-state index in [0.29, 0.717) is 10.3 Å². The molecule has 6 rings (SSSR count). The fourth-order valence-electron chi connectivity index (χ4n) is 4.91. The van der Waals surface area contributed by atoms with Crippen molar-refractivity contribution >= 4 is 55.7 Å². The smallest absolute Gasteiger partial charge is 0.267 e. The zero-order valence-corrected chi connectivity index (χ0v) is 24.1. The van der Waals surface area contributed by atoms with Crippen LogP contribution in [-0.4, -0.2) is 26.2 Å². The Balaban J connectivity index is 1.20. The Labute approximate surface area is 239 Å². The molecule has 0 saturated heterocycles. The van der Waals surface area contributed by atoms with Gasteiger partial charge in [-0.05, 0) is 60.9 Å². The SMILES string of the molecule is CCc1ccc(Cc2cnc(NC(=O)CSc3nc4sc5c(c4c(=O)n3-c3ccccc3)CCCC5)s2)cc1. The van der Waals surface area contributed by atoms with Crippen LogP contribution in [0, 0.1) is 0 Å². The van der Waals surface area contributed by atoms with Crippen LogP contribution in [0.5, 0.6) is 0 Å². The van der Waals surface area contributed by atoms with E-state index in [0.717, 1.165) is 59.3 Å². The minimum Gasteiger partial charge on any atom is -0.301 e. The van der Waals surface area contributed by atoms with Crippen molar-refractivity contribution in [1.82, 2.24) is 14.5 Å². The lowest BCUT2D eigenvalue weighted by Gasteiger charge is -2.13. The molecule has 0 bridgehead atoms. The van der Waals surface area contributed by atoms with Gasteiger partial charge in [0.25, 0.3) is 5.56 Å². The summed E-state index contributed by atoms with van der Waals surface area (Å²) >= 11 is 4.39.